The lowest BCUT2D eigenvalue weighted by atomic mass is 9.82. The smallest absolute Gasteiger partial charge is 0.120 e. The van der Waals surface area contributed by atoms with E-state index < -0.39 is 5.60 Å². The van der Waals surface area contributed by atoms with Gasteiger partial charge in [0.1, 0.15) is 11.4 Å². The van der Waals surface area contributed by atoms with Crippen molar-refractivity contribution in [3.63, 3.8) is 0 Å². The van der Waals surface area contributed by atoms with Gasteiger partial charge in [0.05, 0.1) is 7.11 Å². The summed E-state index contributed by atoms with van der Waals surface area (Å²) in [6, 6.07) is 15.5. The van der Waals surface area contributed by atoms with Crippen molar-refractivity contribution in [3.8, 4) is 17.6 Å². The van der Waals surface area contributed by atoms with E-state index in [1.165, 1.54) is 16.7 Å². The Kier molecular flexibility index (Phi) is 6.67. The van der Waals surface area contributed by atoms with Gasteiger partial charge in [-0.1, -0.05) is 30.0 Å². The van der Waals surface area contributed by atoms with E-state index in [0.29, 0.717) is 12.0 Å². The van der Waals surface area contributed by atoms with Gasteiger partial charge in [-0.25, -0.2) is 0 Å². The van der Waals surface area contributed by atoms with Crippen LogP contribution in [0.4, 0.5) is 0 Å². The van der Waals surface area contributed by atoms with Crippen molar-refractivity contribution in [3.05, 3.63) is 64.7 Å². The fraction of sp³-hybridized carbons (Fsp3) is 0.481. The molecule has 4 rings (SSSR count). The third-order valence-corrected chi connectivity index (χ3v) is 6.35. The second-order valence-corrected chi connectivity index (χ2v) is 9.27. The number of hydrogen-bond acceptors (Lipinski definition) is 4. The summed E-state index contributed by atoms with van der Waals surface area (Å²) in [6.45, 7) is 7.03. The molecule has 2 aromatic carbocycles. The van der Waals surface area contributed by atoms with Crippen molar-refractivity contribution in [2.24, 2.45) is 5.92 Å². The summed E-state index contributed by atoms with van der Waals surface area (Å²) < 4.78 is 11.1. The van der Waals surface area contributed by atoms with Crippen LogP contribution in [0, 0.1) is 17.8 Å². The number of rotatable bonds is 4. The topological polar surface area (TPSA) is 41.9 Å². The van der Waals surface area contributed by atoms with Gasteiger partial charge in [-0.05, 0) is 80.0 Å². The van der Waals surface area contributed by atoms with Crippen LogP contribution in [-0.2, 0) is 24.2 Å². The van der Waals surface area contributed by atoms with Crippen molar-refractivity contribution in [1.82, 2.24) is 4.90 Å². The second kappa shape index (κ2) is 9.44. The lowest BCUT2D eigenvalue weighted by Gasteiger charge is -2.42. The second-order valence-electron chi connectivity index (χ2n) is 9.27. The molecule has 164 valence electrons. The average Bonchev–Trinajstić information content (AvgIpc) is 2.78. The van der Waals surface area contributed by atoms with Crippen molar-refractivity contribution in [1.29, 1.82) is 0 Å². The molecule has 2 heterocycles. The summed E-state index contributed by atoms with van der Waals surface area (Å²) in [6.07, 6.45) is 3.32. The first-order valence-corrected chi connectivity index (χ1v) is 11.2. The minimum absolute atomic E-state index is 0.512. The van der Waals surface area contributed by atoms with Gasteiger partial charge in [0.15, 0.2) is 0 Å². The Hall–Kier alpha value is -2.32. The molecule has 2 aromatic rings. The van der Waals surface area contributed by atoms with Crippen LogP contribution in [0.15, 0.2) is 42.5 Å². The van der Waals surface area contributed by atoms with Crippen LogP contribution in [0.3, 0.4) is 0 Å². The predicted molar refractivity (Wildman–Crippen MR) is 123 cm³/mol. The van der Waals surface area contributed by atoms with E-state index in [9.17, 15) is 5.11 Å². The molecular weight excluding hydrogens is 386 g/mol. The number of benzene rings is 2. The monoisotopic (exact) mass is 419 g/mol. The van der Waals surface area contributed by atoms with Crippen LogP contribution in [0.2, 0.25) is 0 Å². The molecule has 0 bridgehead atoms. The lowest BCUT2D eigenvalue weighted by Crippen LogP contribution is -2.46. The molecule has 2 aliphatic rings. The molecule has 0 unspecified atom stereocenters. The first-order chi connectivity index (χ1) is 14.9. The predicted octanol–water partition coefficient (Wildman–Crippen LogP) is 4.17. The molecule has 0 aliphatic carbocycles. The van der Waals surface area contributed by atoms with E-state index in [4.69, 9.17) is 9.47 Å². The van der Waals surface area contributed by atoms with Crippen LogP contribution in [0.5, 0.6) is 5.75 Å². The van der Waals surface area contributed by atoms with E-state index in [0.717, 1.165) is 56.9 Å². The van der Waals surface area contributed by atoms with Gasteiger partial charge >= 0.3 is 0 Å². The number of methoxy groups -OCH3 is 1. The van der Waals surface area contributed by atoms with Crippen molar-refractivity contribution >= 4 is 0 Å². The molecule has 0 radical (unpaired) electrons. The van der Waals surface area contributed by atoms with Gasteiger partial charge in [0, 0.05) is 37.9 Å². The molecule has 0 amide bonds. The van der Waals surface area contributed by atoms with Crippen molar-refractivity contribution in [2.45, 2.75) is 57.8 Å². The number of hydrogen-bond donors (Lipinski definition) is 1. The number of ether oxygens (including phenoxy) is 2. The summed E-state index contributed by atoms with van der Waals surface area (Å²) in [7, 11) is 1.74. The summed E-state index contributed by atoms with van der Waals surface area (Å²) in [4.78, 5) is 2.64. The van der Waals surface area contributed by atoms with Crippen LogP contribution in [0.1, 0.15) is 48.9 Å². The van der Waals surface area contributed by atoms with Crippen LogP contribution in [-0.4, -0.2) is 42.0 Å². The average molecular weight is 420 g/mol. The first kappa shape index (κ1) is 21.9. The van der Waals surface area contributed by atoms with Crippen molar-refractivity contribution in [2.75, 3.05) is 20.3 Å². The lowest BCUT2D eigenvalue weighted by molar-refractivity contribution is 0.0165. The highest BCUT2D eigenvalue weighted by molar-refractivity contribution is 5.39. The summed E-state index contributed by atoms with van der Waals surface area (Å²) in [5.74, 6) is 7.55. The van der Waals surface area contributed by atoms with Gasteiger partial charge < -0.3 is 14.6 Å². The molecule has 2 aliphatic heterocycles. The summed E-state index contributed by atoms with van der Waals surface area (Å²) >= 11 is 0. The fourth-order valence-corrected chi connectivity index (χ4v) is 4.66. The quantitative estimate of drug-likeness (QED) is 0.756. The Morgan fingerprint density at radius 3 is 2.52 bits per heavy atom. The molecule has 1 atom stereocenters. The van der Waals surface area contributed by atoms with Crippen LogP contribution in [0.25, 0.3) is 0 Å². The largest absolute Gasteiger partial charge is 0.497 e. The molecule has 1 saturated heterocycles. The van der Waals surface area contributed by atoms with Gasteiger partial charge in [0.2, 0.25) is 0 Å². The fourth-order valence-electron chi connectivity index (χ4n) is 4.66. The van der Waals surface area contributed by atoms with E-state index in [-0.39, 0.29) is 0 Å². The van der Waals surface area contributed by atoms with Gasteiger partial charge in [-0.2, -0.15) is 0 Å². The zero-order valence-electron chi connectivity index (χ0n) is 18.9. The Morgan fingerprint density at radius 2 is 1.84 bits per heavy atom. The van der Waals surface area contributed by atoms with Crippen molar-refractivity contribution < 1.29 is 14.6 Å². The van der Waals surface area contributed by atoms with Crippen LogP contribution >= 0.6 is 0 Å². The van der Waals surface area contributed by atoms with Gasteiger partial charge in [-0.3, -0.25) is 4.90 Å². The zero-order chi connectivity index (χ0) is 21.8. The molecule has 1 N–H and O–H groups in total. The maximum atomic E-state index is 9.82. The number of fused-ring (bicyclic) bond motifs is 1. The highest BCUT2D eigenvalue weighted by Gasteiger charge is 2.33. The molecule has 0 aromatic heterocycles. The number of nitrogens with zero attached hydrogens (tertiary/aromatic N) is 1. The van der Waals surface area contributed by atoms with Gasteiger partial charge in [-0.15, -0.1) is 0 Å². The number of aliphatic hydroxyl groups is 1. The SMILES string of the molecule is COc1ccc2c(c1)C[C@@H](C1CCOCC1)N(Cc1ccc(C#CC(C)(C)O)cc1)C2. The molecule has 1 fully saturated rings. The highest BCUT2D eigenvalue weighted by Crippen LogP contribution is 2.34. The molecular formula is C27H33NO3. The van der Waals surface area contributed by atoms with E-state index in [1.54, 1.807) is 21.0 Å². The molecule has 0 saturated carbocycles. The van der Waals surface area contributed by atoms with Crippen LogP contribution < -0.4 is 4.74 Å². The Bertz CT molecular complexity index is 943. The molecule has 4 heteroatoms. The van der Waals surface area contributed by atoms with E-state index in [2.05, 4.69) is 59.2 Å². The summed E-state index contributed by atoms with van der Waals surface area (Å²) in [5, 5.41) is 9.82. The third kappa shape index (κ3) is 5.68. The first-order valence-electron chi connectivity index (χ1n) is 11.2. The highest BCUT2D eigenvalue weighted by atomic mass is 16.5. The maximum Gasteiger partial charge on any atom is 0.120 e. The standard InChI is InChI=1S/C27H33NO3/c1-27(2,29)13-10-20-4-6-21(7-5-20)18-28-19-23-8-9-25(30-3)16-24(23)17-26(28)22-11-14-31-15-12-22/h4-9,16,22,26,29H,11-12,14-15,17-19H2,1-3H3/t26-/m0/s1. The Morgan fingerprint density at radius 1 is 1.10 bits per heavy atom. The third-order valence-electron chi connectivity index (χ3n) is 6.35. The molecule has 31 heavy (non-hydrogen) atoms. The molecule has 0 spiro atoms. The van der Waals surface area contributed by atoms with E-state index >= 15 is 0 Å². The summed E-state index contributed by atoms with van der Waals surface area (Å²) in [5.41, 5.74) is 4.08. The minimum Gasteiger partial charge on any atom is -0.497 e. The minimum atomic E-state index is -0.973. The maximum absolute atomic E-state index is 9.82. The zero-order valence-corrected chi connectivity index (χ0v) is 18.9. The van der Waals surface area contributed by atoms with E-state index in [1.807, 2.05) is 0 Å². The Labute approximate surface area is 186 Å². The Balaban J connectivity index is 1.54. The normalized spacial score (nSPS) is 19.9. The molecule has 4 nitrogen and oxygen atoms in total. The van der Waals surface area contributed by atoms with Gasteiger partial charge in [0.25, 0.3) is 0 Å².